The molecule has 1 aliphatic rings. The Morgan fingerprint density at radius 3 is 2.00 bits per heavy atom. The van der Waals surface area contributed by atoms with Crippen LogP contribution in [0.5, 0.6) is 0 Å². The molecule has 5 nitrogen and oxygen atoms in total. The Morgan fingerprint density at radius 2 is 1.53 bits per heavy atom. The SMILES string of the molecule is CC(C)c1noc([C@@H](C)N2CCN(C(C)C)CC2)n1. The van der Waals surface area contributed by atoms with Crippen LogP contribution in [0.1, 0.15) is 58.3 Å². The van der Waals surface area contributed by atoms with Crippen molar-refractivity contribution >= 4 is 0 Å². The summed E-state index contributed by atoms with van der Waals surface area (Å²) in [5.74, 6) is 1.88. The van der Waals surface area contributed by atoms with E-state index in [1.807, 2.05) is 0 Å². The standard InChI is InChI=1S/C14H26N4O/c1-10(2)13-15-14(19-16-13)12(5)18-8-6-17(7-9-18)11(3)4/h10-12H,6-9H2,1-5H3/t12-/m1/s1. The highest BCUT2D eigenvalue weighted by Crippen LogP contribution is 2.22. The van der Waals surface area contributed by atoms with Gasteiger partial charge in [-0.05, 0) is 20.8 Å². The van der Waals surface area contributed by atoms with Crippen molar-refractivity contribution in [1.82, 2.24) is 19.9 Å². The minimum absolute atomic E-state index is 0.217. The molecule has 0 radical (unpaired) electrons. The summed E-state index contributed by atoms with van der Waals surface area (Å²) in [5.41, 5.74) is 0. The lowest BCUT2D eigenvalue weighted by molar-refractivity contribution is 0.0722. The Morgan fingerprint density at radius 1 is 0.947 bits per heavy atom. The highest BCUT2D eigenvalue weighted by Gasteiger charge is 2.26. The summed E-state index contributed by atoms with van der Waals surface area (Å²) in [7, 11) is 0. The fourth-order valence-electron chi connectivity index (χ4n) is 2.45. The van der Waals surface area contributed by atoms with Crippen LogP contribution in [0.15, 0.2) is 4.52 Å². The van der Waals surface area contributed by atoms with Gasteiger partial charge in [-0.15, -0.1) is 0 Å². The highest BCUT2D eigenvalue weighted by atomic mass is 16.5. The maximum atomic E-state index is 5.40. The lowest BCUT2D eigenvalue weighted by atomic mass is 10.2. The Hall–Kier alpha value is -0.940. The topological polar surface area (TPSA) is 45.4 Å². The summed E-state index contributed by atoms with van der Waals surface area (Å²) < 4.78 is 5.40. The molecule has 108 valence electrons. The molecular weight excluding hydrogens is 240 g/mol. The molecule has 0 bridgehead atoms. The molecule has 1 aromatic heterocycles. The first-order chi connectivity index (χ1) is 8.99. The Bertz CT molecular complexity index is 394. The minimum atomic E-state index is 0.217. The van der Waals surface area contributed by atoms with Gasteiger partial charge in [-0.2, -0.15) is 4.98 Å². The van der Waals surface area contributed by atoms with E-state index in [0.29, 0.717) is 12.0 Å². The fraction of sp³-hybridized carbons (Fsp3) is 0.857. The second kappa shape index (κ2) is 6.01. The van der Waals surface area contributed by atoms with Gasteiger partial charge in [-0.1, -0.05) is 19.0 Å². The molecule has 0 aliphatic carbocycles. The van der Waals surface area contributed by atoms with Crippen LogP contribution in [0, 0.1) is 0 Å². The first kappa shape index (κ1) is 14.5. The molecule has 19 heavy (non-hydrogen) atoms. The molecule has 1 fully saturated rings. The first-order valence-electron chi connectivity index (χ1n) is 7.30. The fourth-order valence-corrected chi connectivity index (χ4v) is 2.45. The monoisotopic (exact) mass is 266 g/mol. The van der Waals surface area contributed by atoms with E-state index >= 15 is 0 Å². The van der Waals surface area contributed by atoms with Gasteiger partial charge in [0.05, 0.1) is 6.04 Å². The zero-order valence-corrected chi connectivity index (χ0v) is 12.8. The molecule has 1 aromatic rings. The third kappa shape index (κ3) is 3.34. The maximum absolute atomic E-state index is 5.40. The molecule has 1 saturated heterocycles. The van der Waals surface area contributed by atoms with E-state index in [1.54, 1.807) is 0 Å². The van der Waals surface area contributed by atoms with Crippen LogP contribution >= 0.6 is 0 Å². The molecule has 0 amide bonds. The van der Waals surface area contributed by atoms with Gasteiger partial charge in [0.2, 0.25) is 5.89 Å². The van der Waals surface area contributed by atoms with Gasteiger partial charge in [0, 0.05) is 38.1 Å². The summed E-state index contributed by atoms with van der Waals surface area (Å²) >= 11 is 0. The van der Waals surface area contributed by atoms with Gasteiger partial charge in [-0.25, -0.2) is 0 Å². The molecule has 0 spiro atoms. The van der Waals surface area contributed by atoms with E-state index in [2.05, 4.69) is 54.6 Å². The molecule has 1 aliphatic heterocycles. The third-order valence-corrected chi connectivity index (χ3v) is 3.96. The average Bonchev–Trinajstić information content (AvgIpc) is 2.87. The van der Waals surface area contributed by atoms with Crippen LogP contribution in [-0.2, 0) is 0 Å². The minimum Gasteiger partial charge on any atom is -0.338 e. The van der Waals surface area contributed by atoms with Crippen molar-refractivity contribution in [1.29, 1.82) is 0 Å². The van der Waals surface area contributed by atoms with Crippen LogP contribution in [0.2, 0.25) is 0 Å². The maximum Gasteiger partial charge on any atom is 0.243 e. The summed E-state index contributed by atoms with van der Waals surface area (Å²) in [4.78, 5) is 9.44. The smallest absolute Gasteiger partial charge is 0.243 e. The van der Waals surface area contributed by atoms with Crippen LogP contribution in [0.3, 0.4) is 0 Å². The van der Waals surface area contributed by atoms with Gasteiger partial charge in [-0.3, -0.25) is 9.80 Å². The van der Waals surface area contributed by atoms with Crippen LogP contribution < -0.4 is 0 Å². The van der Waals surface area contributed by atoms with Crippen molar-refractivity contribution in [2.24, 2.45) is 0 Å². The number of nitrogens with zero attached hydrogens (tertiary/aromatic N) is 4. The lowest BCUT2D eigenvalue weighted by Crippen LogP contribution is -2.49. The molecule has 5 heteroatoms. The predicted molar refractivity (Wildman–Crippen MR) is 75.1 cm³/mol. The Balaban J connectivity index is 1.95. The van der Waals surface area contributed by atoms with E-state index < -0.39 is 0 Å². The van der Waals surface area contributed by atoms with Crippen LogP contribution in [0.4, 0.5) is 0 Å². The summed E-state index contributed by atoms with van der Waals surface area (Å²) in [6, 6.07) is 0.850. The molecule has 1 atom stereocenters. The number of hydrogen-bond acceptors (Lipinski definition) is 5. The van der Waals surface area contributed by atoms with E-state index in [9.17, 15) is 0 Å². The molecular formula is C14H26N4O. The zero-order valence-electron chi connectivity index (χ0n) is 12.8. The van der Waals surface area contributed by atoms with E-state index in [0.717, 1.165) is 37.9 Å². The van der Waals surface area contributed by atoms with Gasteiger partial charge in [0.25, 0.3) is 0 Å². The van der Waals surface area contributed by atoms with Gasteiger partial charge in [0.1, 0.15) is 0 Å². The van der Waals surface area contributed by atoms with E-state index in [4.69, 9.17) is 4.52 Å². The lowest BCUT2D eigenvalue weighted by Gasteiger charge is -2.38. The van der Waals surface area contributed by atoms with Gasteiger partial charge >= 0.3 is 0 Å². The molecule has 0 aromatic carbocycles. The largest absolute Gasteiger partial charge is 0.338 e. The van der Waals surface area contributed by atoms with Gasteiger partial charge in [0.15, 0.2) is 5.82 Å². The Labute approximate surface area is 116 Å². The van der Waals surface area contributed by atoms with Crippen molar-refractivity contribution in [3.05, 3.63) is 11.7 Å². The van der Waals surface area contributed by atoms with Crippen molar-refractivity contribution in [2.45, 2.75) is 52.6 Å². The second-order valence-corrected chi connectivity index (χ2v) is 5.99. The first-order valence-corrected chi connectivity index (χ1v) is 7.30. The van der Waals surface area contributed by atoms with Gasteiger partial charge < -0.3 is 4.52 Å². The van der Waals surface area contributed by atoms with Crippen molar-refractivity contribution in [3.8, 4) is 0 Å². The van der Waals surface area contributed by atoms with Crippen molar-refractivity contribution < 1.29 is 4.52 Å². The van der Waals surface area contributed by atoms with Crippen molar-refractivity contribution in [3.63, 3.8) is 0 Å². The predicted octanol–water partition coefficient (Wildman–Crippen LogP) is 2.28. The highest BCUT2D eigenvalue weighted by molar-refractivity contribution is 4.96. The van der Waals surface area contributed by atoms with Crippen LogP contribution in [0.25, 0.3) is 0 Å². The van der Waals surface area contributed by atoms with Crippen LogP contribution in [-0.4, -0.2) is 52.2 Å². The Kier molecular flexibility index (Phi) is 4.58. The molecule has 0 unspecified atom stereocenters. The molecule has 2 heterocycles. The number of aromatic nitrogens is 2. The molecule has 2 rings (SSSR count). The average molecular weight is 266 g/mol. The van der Waals surface area contributed by atoms with E-state index in [1.165, 1.54) is 0 Å². The van der Waals surface area contributed by atoms with E-state index in [-0.39, 0.29) is 6.04 Å². The summed E-state index contributed by atoms with van der Waals surface area (Å²) in [6.45, 7) is 15.2. The summed E-state index contributed by atoms with van der Waals surface area (Å²) in [5, 5.41) is 4.05. The van der Waals surface area contributed by atoms with Crippen molar-refractivity contribution in [2.75, 3.05) is 26.2 Å². The second-order valence-electron chi connectivity index (χ2n) is 5.99. The normalized spacial score (nSPS) is 20.4. The molecule has 0 N–H and O–H groups in total. The number of rotatable bonds is 4. The molecule has 0 saturated carbocycles. The zero-order chi connectivity index (χ0) is 14.0. The quantitative estimate of drug-likeness (QED) is 0.836. The number of hydrogen-bond donors (Lipinski definition) is 0. The summed E-state index contributed by atoms with van der Waals surface area (Å²) in [6.07, 6.45) is 0. The number of piperazine rings is 1. The third-order valence-electron chi connectivity index (χ3n) is 3.96.